The Balaban J connectivity index is 2.30. The van der Waals surface area contributed by atoms with Crippen molar-refractivity contribution < 1.29 is 9.18 Å². The van der Waals surface area contributed by atoms with Gasteiger partial charge in [0.15, 0.2) is 5.78 Å². The van der Waals surface area contributed by atoms with E-state index in [9.17, 15) is 14.0 Å². The first-order chi connectivity index (χ1) is 8.49. The summed E-state index contributed by atoms with van der Waals surface area (Å²) >= 11 is 1.12. The van der Waals surface area contributed by atoms with Gasteiger partial charge in [-0.3, -0.25) is 14.2 Å². The highest BCUT2D eigenvalue weighted by Gasteiger charge is 2.13. The van der Waals surface area contributed by atoms with Gasteiger partial charge in [-0.2, -0.15) is 0 Å². The van der Waals surface area contributed by atoms with Gasteiger partial charge in [0.2, 0.25) is 0 Å². The van der Waals surface area contributed by atoms with Gasteiger partial charge < -0.3 is 0 Å². The number of Topliss-reactive ketones (excluding diaryl/α,β-unsaturated/α-hetero) is 1. The lowest BCUT2D eigenvalue weighted by Crippen LogP contribution is -2.20. The van der Waals surface area contributed by atoms with Crippen molar-refractivity contribution in [3.63, 3.8) is 0 Å². The number of hydrogen-bond acceptors (Lipinski definition) is 3. The topological polar surface area (TPSA) is 39.1 Å². The molecule has 0 aliphatic rings. The van der Waals surface area contributed by atoms with Crippen molar-refractivity contribution in [2.45, 2.75) is 20.4 Å². The Morgan fingerprint density at radius 1 is 1.39 bits per heavy atom. The number of hydrogen-bond donors (Lipinski definition) is 0. The first-order valence-corrected chi connectivity index (χ1v) is 6.26. The van der Waals surface area contributed by atoms with Crippen LogP contribution in [0.2, 0.25) is 0 Å². The Hall–Kier alpha value is -1.75. The van der Waals surface area contributed by atoms with Crippen LogP contribution in [0.5, 0.6) is 0 Å². The van der Waals surface area contributed by atoms with Gasteiger partial charge in [0.1, 0.15) is 5.82 Å². The fourth-order valence-electron chi connectivity index (χ4n) is 1.67. The number of aromatic nitrogens is 1. The third-order valence-corrected chi connectivity index (χ3v) is 3.82. The second kappa shape index (κ2) is 4.86. The van der Waals surface area contributed by atoms with E-state index in [1.165, 1.54) is 22.8 Å². The van der Waals surface area contributed by atoms with Crippen LogP contribution in [0.25, 0.3) is 0 Å². The molecule has 0 unspecified atom stereocenters. The van der Waals surface area contributed by atoms with Crippen molar-refractivity contribution >= 4 is 17.1 Å². The first kappa shape index (κ1) is 12.7. The number of ketones is 1. The second-order valence-electron chi connectivity index (χ2n) is 4.03. The molecule has 94 valence electrons. The van der Waals surface area contributed by atoms with Crippen molar-refractivity contribution in [2.75, 3.05) is 0 Å². The predicted molar refractivity (Wildman–Crippen MR) is 68.8 cm³/mol. The minimum absolute atomic E-state index is 0.0432. The number of rotatable bonds is 3. The summed E-state index contributed by atoms with van der Waals surface area (Å²) in [6, 6.07) is 5.49. The van der Waals surface area contributed by atoms with Crippen molar-refractivity contribution in [1.29, 1.82) is 0 Å². The third kappa shape index (κ3) is 2.41. The molecule has 18 heavy (non-hydrogen) atoms. The normalized spacial score (nSPS) is 10.6. The van der Waals surface area contributed by atoms with Gasteiger partial charge in [0, 0.05) is 16.1 Å². The molecule has 0 saturated heterocycles. The molecule has 0 amide bonds. The lowest BCUT2D eigenvalue weighted by atomic mass is 10.1. The summed E-state index contributed by atoms with van der Waals surface area (Å²) < 4.78 is 14.4. The van der Waals surface area contributed by atoms with Gasteiger partial charge in [-0.15, -0.1) is 0 Å². The molecule has 1 aromatic heterocycles. The summed E-state index contributed by atoms with van der Waals surface area (Å²) in [4.78, 5) is 24.3. The second-order valence-corrected chi connectivity index (χ2v) is 5.19. The molecule has 0 atom stereocenters. The lowest BCUT2D eigenvalue weighted by molar-refractivity contribution is 0.0970. The maximum atomic E-state index is 13.0. The minimum Gasteiger partial charge on any atom is -0.295 e. The molecule has 0 spiro atoms. The summed E-state index contributed by atoms with van der Waals surface area (Å²) in [7, 11) is 0. The fourth-order valence-corrected chi connectivity index (χ4v) is 2.50. The lowest BCUT2D eigenvalue weighted by Gasteiger charge is -2.04. The molecule has 2 aromatic rings. The summed E-state index contributed by atoms with van der Waals surface area (Å²) in [6.07, 6.45) is 0. The van der Waals surface area contributed by atoms with Crippen LogP contribution in [0.1, 0.15) is 20.9 Å². The zero-order valence-electron chi connectivity index (χ0n) is 10.1. The third-order valence-electron chi connectivity index (χ3n) is 2.82. The largest absolute Gasteiger partial charge is 0.307 e. The van der Waals surface area contributed by atoms with Crippen LogP contribution in [-0.2, 0) is 6.54 Å². The number of thiazole rings is 1. The minimum atomic E-state index is -0.452. The highest BCUT2D eigenvalue weighted by Crippen LogP contribution is 2.11. The van der Waals surface area contributed by atoms with Crippen molar-refractivity contribution in [1.82, 2.24) is 4.57 Å². The highest BCUT2D eigenvalue weighted by molar-refractivity contribution is 7.09. The van der Waals surface area contributed by atoms with Crippen LogP contribution in [-0.4, -0.2) is 10.4 Å². The maximum absolute atomic E-state index is 13.0. The number of carbonyl (C=O) groups excluding carboxylic acids is 1. The van der Waals surface area contributed by atoms with E-state index in [0.717, 1.165) is 21.9 Å². The fraction of sp³-hybridized carbons (Fsp3) is 0.231. The highest BCUT2D eigenvalue weighted by atomic mass is 32.1. The Morgan fingerprint density at radius 3 is 2.67 bits per heavy atom. The molecule has 2 rings (SSSR count). The Bertz CT molecular complexity index is 657. The van der Waals surface area contributed by atoms with Gasteiger partial charge in [-0.1, -0.05) is 23.5 Å². The molecule has 0 aliphatic carbocycles. The van der Waals surface area contributed by atoms with E-state index >= 15 is 0 Å². The monoisotopic (exact) mass is 265 g/mol. The van der Waals surface area contributed by atoms with E-state index in [4.69, 9.17) is 0 Å². The molecule has 0 aliphatic heterocycles. The molecule has 0 N–H and O–H groups in total. The zero-order chi connectivity index (χ0) is 13.3. The van der Waals surface area contributed by atoms with Gasteiger partial charge in [0.25, 0.3) is 0 Å². The van der Waals surface area contributed by atoms with E-state index in [2.05, 4.69) is 0 Å². The standard InChI is InChI=1S/C13H12FNO2S/c1-8-9(2)18-13(17)15(8)7-12(16)10-4-3-5-11(14)6-10/h3-6H,7H2,1-2H3. The quantitative estimate of drug-likeness (QED) is 0.800. The molecule has 5 heteroatoms. The number of carbonyl (C=O) groups is 1. The zero-order valence-corrected chi connectivity index (χ0v) is 10.9. The van der Waals surface area contributed by atoms with Gasteiger partial charge in [-0.05, 0) is 26.0 Å². The number of benzene rings is 1. The molecule has 1 aromatic carbocycles. The van der Waals surface area contributed by atoms with Crippen LogP contribution in [0.4, 0.5) is 4.39 Å². The number of nitrogens with zero attached hydrogens (tertiary/aromatic N) is 1. The smallest absolute Gasteiger partial charge is 0.295 e. The first-order valence-electron chi connectivity index (χ1n) is 5.44. The molecule has 0 fully saturated rings. The molecule has 1 heterocycles. The van der Waals surface area contributed by atoms with Gasteiger partial charge in [0.05, 0.1) is 6.54 Å². The summed E-state index contributed by atoms with van der Waals surface area (Å²) in [5.74, 6) is -0.719. The van der Waals surface area contributed by atoms with Crippen LogP contribution in [0.3, 0.4) is 0 Å². The Labute approximate surface area is 108 Å². The van der Waals surface area contributed by atoms with Gasteiger partial charge in [-0.25, -0.2) is 4.39 Å². The molecule has 0 bridgehead atoms. The van der Waals surface area contributed by atoms with Crippen LogP contribution < -0.4 is 4.87 Å². The SMILES string of the molecule is Cc1sc(=O)n(CC(=O)c2cccc(F)c2)c1C. The van der Waals surface area contributed by atoms with Crippen LogP contribution >= 0.6 is 11.3 Å². The Morgan fingerprint density at radius 2 is 2.11 bits per heavy atom. The van der Waals surface area contributed by atoms with Crippen molar-refractivity contribution in [2.24, 2.45) is 0 Å². The number of halogens is 1. The number of aryl methyl sites for hydroxylation is 1. The van der Waals surface area contributed by atoms with E-state index < -0.39 is 5.82 Å². The van der Waals surface area contributed by atoms with E-state index in [0.29, 0.717) is 0 Å². The van der Waals surface area contributed by atoms with Crippen molar-refractivity contribution in [3.8, 4) is 0 Å². The average Bonchev–Trinajstić information content (AvgIpc) is 2.56. The summed E-state index contributed by atoms with van der Waals surface area (Å²) in [5.41, 5.74) is 1.07. The van der Waals surface area contributed by atoms with Crippen LogP contribution in [0.15, 0.2) is 29.1 Å². The van der Waals surface area contributed by atoms with E-state index in [1.54, 1.807) is 13.0 Å². The summed E-state index contributed by atoms with van der Waals surface area (Å²) in [6.45, 7) is 3.59. The van der Waals surface area contributed by atoms with E-state index in [1.807, 2.05) is 6.92 Å². The molecular formula is C13H12FNO2S. The molecular weight excluding hydrogens is 253 g/mol. The molecule has 0 saturated carbocycles. The predicted octanol–water partition coefficient (Wildman–Crippen LogP) is 2.55. The van der Waals surface area contributed by atoms with Gasteiger partial charge >= 0.3 is 4.87 Å². The van der Waals surface area contributed by atoms with Crippen molar-refractivity contribution in [3.05, 3.63) is 55.9 Å². The molecule has 3 nitrogen and oxygen atoms in total. The Kier molecular flexibility index (Phi) is 3.43. The molecule has 0 radical (unpaired) electrons. The maximum Gasteiger partial charge on any atom is 0.307 e. The van der Waals surface area contributed by atoms with E-state index in [-0.39, 0.29) is 22.8 Å². The van der Waals surface area contributed by atoms with Crippen LogP contribution in [0, 0.1) is 19.7 Å². The average molecular weight is 265 g/mol. The summed E-state index contributed by atoms with van der Waals surface area (Å²) in [5, 5.41) is 0.